The van der Waals surface area contributed by atoms with Crippen molar-refractivity contribution in [2.75, 3.05) is 13.7 Å². The molecule has 0 unspecified atom stereocenters. The summed E-state index contributed by atoms with van der Waals surface area (Å²) in [6, 6.07) is 16.9. The summed E-state index contributed by atoms with van der Waals surface area (Å²) in [6.45, 7) is 0.541. The van der Waals surface area contributed by atoms with E-state index in [0.717, 1.165) is 12.8 Å². The van der Waals surface area contributed by atoms with Crippen molar-refractivity contribution in [3.8, 4) is 17.6 Å². The molecule has 0 radical (unpaired) electrons. The second-order valence-electron chi connectivity index (χ2n) is 5.32. The molecule has 2 aromatic rings. The number of benzene rings is 2. The first-order valence-electron chi connectivity index (χ1n) is 7.84. The summed E-state index contributed by atoms with van der Waals surface area (Å²) in [7, 11) is 1.52. The maximum Gasteiger partial charge on any atom is 0.346 e. The lowest BCUT2D eigenvalue weighted by atomic mass is 10.1. The molecule has 0 saturated heterocycles. The maximum absolute atomic E-state index is 10.9. The van der Waals surface area contributed by atoms with E-state index >= 15 is 0 Å². The van der Waals surface area contributed by atoms with E-state index in [-0.39, 0.29) is 5.57 Å². The molecular formula is C20H19NO4. The number of rotatable bonds is 8. The van der Waals surface area contributed by atoms with Gasteiger partial charge in [0.25, 0.3) is 0 Å². The first-order chi connectivity index (χ1) is 12.1. The van der Waals surface area contributed by atoms with Gasteiger partial charge in [0.1, 0.15) is 11.6 Å². The molecule has 0 atom stereocenters. The van der Waals surface area contributed by atoms with E-state index in [9.17, 15) is 4.79 Å². The summed E-state index contributed by atoms with van der Waals surface area (Å²) < 4.78 is 11.0. The van der Waals surface area contributed by atoms with E-state index in [2.05, 4.69) is 12.1 Å². The lowest BCUT2D eigenvalue weighted by Crippen LogP contribution is -2.01. The first-order valence-corrected chi connectivity index (χ1v) is 7.84. The minimum Gasteiger partial charge on any atom is -0.493 e. The van der Waals surface area contributed by atoms with Gasteiger partial charge >= 0.3 is 5.97 Å². The van der Waals surface area contributed by atoms with Crippen LogP contribution in [0.3, 0.4) is 0 Å². The molecule has 128 valence electrons. The fourth-order valence-electron chi connectivity index (χ4n) is 2.30. The van der Waals surface area contributed by atoms with Gasteiger partial charge < -0.3 is 14.6 Å². The third-order valence-corrected chi connectivity index (χ3v) is 3.56. The van der Waals surface area contributed by atoms with Crippen LogP contribution in [0.4, 0.5) is 0 Å². The molecule has 0 saturated carbocycles. The summed E-state index contributed by atoms with van der Waals surface area (Å²) in [4.78, 5) is 10.9. The lowest BCUT2D eigenvalue weighted by molar-refractivity contribution is -0.132. The second-order valence-corrected chi connectivity index (χ2v) is 5.32. The minimum atomic E-state index is -1.26. The average molecular weight is 337 g/mol. The zero-order chi connectivity index (χ0) is 18.1. The molecule has 0 aliphatic carbocycles. The summed E-state index contributed by atoms with van der Waals surface area (Å²) in [5.41, 5.74) is 1.49. The SMILES string of the molecule is COc1cc(C=C(C#N)C(=O)O)ccc1OCCCc1ccccc1. The van der Waals surface area contributed by atoms with Crippen molar-refractivity contribution in [1.82, 2.24) is 0 Å². The fourth-order valence-corrected chi connectivity index (χ4v) is 2.30. The molecule has 0 fully saturated rings. The van der Waals surface area contributed by atoms with Crippen molar-refractivity contribution in [3.63, 3.8) is 0 Å². The number of hydrogen-bond acceptors (Lipinski definition) is 4. The summed E-state index contributed by atoms with van der Waals surface area (Å²) in [5, 5.41) is 17.7. The number of carbonyl (C=O) groups is 1. The quantitative estimate of drug-likeness (QED) is 0.451. The van der Waals surface area contributed by atoms with Gasteiger partial charge in [-0.2, -0.15) is 5.26 Å². The Kier molecular flexibility index (Phi) is 6.61. The maximum atomic E-state index is 10.9. The topological polar surface area (TPSA) is 79.5 Å². The molecule has 25 heavy (non-hydrogen) atoms. The summed E-state index contributed by atoms with van der Waals surface area (Å²) >= 11 is 0. The first kappa shape index (κ1) is 18.1. The number of aliphatic carboxylic acids is 1. The smallest absolute Gasteiger partial charge is 0.346 e. The standard InChI is InChI=1S/C20H19NO4/c1-24-19-13-16(12-17(14-21)20(22)23)9-10-18(19)25-11-5-8-15-6-3-2-4-7-15/h2-4,6-7,9-10,12-13H,5,8,11H2,1H3,(H,22,23). The zero-order valence-electron chi connectivity index (χ0n) is 13.9. The summed E-state index contributed by atoms with van der Waals surface area (Å²) in [6.07, 6.45) is 3.09. The number of nitriles is 1. The van der Waals surface area contributed by atoms with E-state index in [1.54, 1.807) is 24.3 Å². The number of aryl methyl sites for hydroxylation is 1. The minimum absolute atomic E-state index is 0.335. The highest BCUT2D eigenvalue weighted by molar-refractivity contribution is 5.96. The number of methoxy groups -OCH3 is 1. The Bertz CT molecular complexity index is 791. The molecule has 0 aromatic heterocycles. The van der Waals surface area contributed by atoms with Crippen molar-refractivity contribution >= 4 is 12.0 Å². The largest absolute Gasteiger partial charge is 0.493 e. The van der Waals surface area contributed by atoms with E-state index < -0.39 is 5.97 Å². The van der Waals surface area contributed by atoms with Gasteiger partial charge in [-0.3, -0.25) is 0 Å². The van der Waals surface area contributed by atoms with Gasteiger partial charge in [0, 0.05) is 0 Å². The predicted octanol–water partition coefficient (Wildman–Crippen LogP) is 3.70. The van der Waals surface area contributed by atoms with Gasteiger partial charge in [-0.15, -0.1) is 0 Å². The molecule has 5 nitrogen and oxygen atoms in total. The highest BCUT2D eigenvalue weighted by Crippen LogP contribution is 2.29. The number of carboxylic acid groups (broad SMARTS) is 1. The third kappa shape index (κ3) is 5.40. The molecule has 0 aliphatic heterocycles. The van der Waals surface area contributed by atoms with Crippen LogP contribution in [0.1, 0.15) is 17.5 Å². The Labute approximate surface area is 146 Å². The van der Waals surface area contributed by atoms with Crippen LogP contribution in [-0.4, -0.2) is 24.8 Å². The van der Waals surface area contributed by atoms with Crippen LogP contribution in [0, 0.1) is 11.3 Å². The number of carboxylic acids is 1. The van der Waals surface area contributed by atoms with Crippen molar-refractivity contribution < 1.29 is 19.4 Å². The van der Waals surface area contributed by atoms with Gasteiger partial charge in [0.15, 0.2) is 11.5 Å². The van der Waals surface area contributed by atoms with Gasteiger partial charge in [-0.05, 0) is 42.2 Å². The Morgan fingerprint density at radius 1 is 1.20 bits per heavy atom. The van der Waals surface area contributed by atoms with Gasteiger partial charge in [-0.25, -0.2) is 4.79 Å². The Morgan fingerprint density at radius 3 is 2.60 bits per heavy atom. The zero-order valence-corrected chi connectivity index (χ0v) is 13.9. The third-order valence-electron chi connectivity index (χ3n) is 3.56. The summed E-state index contributed by atoms with van der Waals surface area (Å²) in [5.74, 6) is -0.180. The monoisotopic (exact) mass is 337 g/mol. The molecule has 0 bridgehead atoms. The van der Waals surface area contributed by atoms with E-state index in [4.69, 9.17) is 19.8 Å². The van der Waals surface area contributed by atoms with Crippen LogP contribution in [0.25, 0.3) is 6.08 Å². The molecule has 0 aliphatic rings. The van der Waals surface area contributed by atoms with Crippen LogP contribution >= 0.6 is 0 Å². The Hall–Kier alpha value is -3.26. The highest BCUT2D eigenvalue weighted by Gasteiger charge is 2.09. The van der Waals surface area contributed by atoms with Crippen molar-refractivity contribution in [1.29, 1.82) is 5.26 Å². The van der Waals surface area contributed by atoms with Gasteiger partial charge in [0.05, 0.1) is 13.7 Å². The molecule has 0 spiro atoms. The van der Waals surface area contributed by atoms with Gasteiger partial charge in [-0.1, -0.05) is 36.4 Å². The molecule has 2 aromatic carbocycles. The van der Waals surface area contributed by atoms with Crippen molar-refractivity contribution in [3.05, 3.63) is 65.2 Å². The Balaban J connectivity index is 1.99. The van der Waals surface area contributed by atoms with Crippen LogP contribution in [0.2, 0.25) is 0 Å². The molecule has 1 N–H and O–H groups in total. The van der Waals surface area contributed by atoms with E-state index in [1.807, 2.05) is 18.2 Å². The molecular weight excluding hydrogens is 318 g/mol. The van der Waals surface area contributed by atoms with Gasteiger partial charge in [0.2, 0.25) is 0 Å². The average Bonchev–Trinajstić information content (AvgIpc) is 2.64. The molecule has 2 rings (SSSR count). The van der Waals surface area contributed by atoms with E-state index in [1.165, 1.54) is 18.7 Å². The highest BCUT2D eigenvalue weighted by atomic mass is 16.5. The predicted molar refractivity (Wildman–Crippen MR) is 94.5 cm³/mol. The van der Waals surface area contributed by atoms with Crippen LogP contribution in [0.5, 0.6) is 11.5 Å². The van der Waals surface area contributed by atoms with Crippen molar-refractivity contribution in [2.45, 2.75) is 12.8 Å². The van der Waals surface area contributed by atoms with Crippen LogP contribution in [-0.2, 0) is 11.2 Å². The lowest BCUT2D eigenvalue weighted by Gasteiger charge is -2.11. The number of nitrogens with zero attached hydrogens (tertiary/aromatic N) is 1. The van der Waals surface area contributed by atoms with Crippen LogP contribution in [0.15, 0.2) is 54.1 Å². The van der Waals surface area contributed by atoms with E-state index in [0.29, 0.717) is 23.7 Å². The molecule has 0 heterocycles. The normalized spacial score (nSPS) is 10.8. The molecule has 0 amide bonds. The number of ether oxygens (including phenoxy) is 2. The van der Waals surface area contributed by atoms with Crippen molar-refractivity contribution in [2.24, 2.45) is 0 Å². The molecule has 5 heteroatoms. The Morgan fingerprint density at radius 2 is 1.96 bits per heavy atom. The second kappa shape index (κ2) is 9.14. The fraction of sp³-hybridized carbons (Fsp3) is 0.200. The number of hydrogen-bond donors (Lipinski definition) is 1. The van der Waals surface area contributed by atoms with Crippen LogP contribution < -0.4 is 9.47 Å².